The number of nitriles is 1. The molecular weight excluding hydrogens is 420 g/mol. The van der Waals surface area contributed by atoms with E-state index in [1.165, 1.54) is 25.3 Å². The minimum absolute atomic E-state index is 0.0346. The molecule has 6 N–H and O–H groups in total. The molecule has 2 aromatic rings. The fourth-order valence-corrected chi connectivity index (χ4v) is 3.35. The number of primary amides is 1. The molecule has 3 amide bonds. The minimum atomic E-state index is -0.924. The van der Waals surface area contributed by atoms with Crippen molar-refractivity contribution in [3.8, 4) is 23.3 Å². The second kappa shape index (κ2) is 10.8. The molecule has 9 nitrogen and oxygen atoms in total. The van der Waals surface area contributed by atoms with Crippen molar-refractivity contribution in [2.75, 3.05) is 13.7 Å². The van der Waals surface area contributed by atoms with Crippen LogP contribution in [0.5, 0.6) is 17.2 Å². The van der Waals surface area contributed by atoms with Gasteiger partial charge in [0.05, 0.1) is 31.1 Å². The van der Waals surface area contributed by atoms with Gasteiger partial charge in [0.15, 0.2) is 11.5 Å². The molecule has 162 valence electrons. The zero-order valence-corrected chi connectivity index (χ0v) is 17.5. The van der Waals surface area contributed by atoms with Crippen molar-refractivity contribution in [3.63, 3.8) is 0 Å². The monoisotopic (exact) mass is 442 g/mol. The number of thiocarbonyl (C=S) groups is 1. The summed E-state index contributed by atoms with van der Waals surface area (Å²) in [5, 5.41) is 33.9. The van der Waals surface area contributed by atoms with Crippen LogP contribution in [0.4, 0.5) is 4.79 Å². The standard InChI is InChI=1S/C21H22N4O5S/c1-30-16-8-7-14(17(18(16)27)20(31)25-21(23)29)15(19(28)24-10-2-9-22)11-12-3-5-13(26)6-4-12/h3-8,15,26-27H,2,10-11H2,1H3,(H,24,28)(H3,23,25,29,31). The number of urea groups is 1. The van der Waals surface area contributed by atoms with Gasteiger partial charge in [0.2, 0.25) is 5.91 Å². The lowest BCUT2D eigenvalue weighted by atomic mass is 9.87. The van der Waals surface area contributed by atoms with E-state index in [4.69, 9.17) is 28.0 Å². The number of nitrogens with zero attached hydrogens (tertiary/aromatic N) is 1. The normalized spacial score (nSPS) is 11.1. The summed E-state index contributed by atoms with van der Waals surface area (Å²) in [5.41, 5.74) is 6.27. The van der Waals surface area contributed by atoms with Gasteiger partial charge in [0.1, 0.15) is 10.7 Å². The number of phenols is 2. The average Bonchev–Trinajstić information content (AvgIpc) is 2.72. The number of hydrogen-bond donors (Lipinski definition) is 5. The molecule has 10 heteroatoms. The van der Waals surface area contributed by atoms with Gasteiger partial charge < -0.3 is 26.0 Å². The first-order chi connectivity index (χ1) is 14.8. The fourth-order valence-electron chi connectivity index (χ4n) is 3.03. The molecule has 0 spiro atoms. The third kappa shape index (κ3) is 6.07. The Morgan fingerprint density at radius 2 is 1.90 bits per heavy atom. The smallest absolute Gasteiger partial charge is 0.317 e. The van der Waals surface area contributed by atoms with Crippen molar-refractivity contribution in [2.24, 2.45) is 5.73 Å². The summed E-state index contributed by atoms with van der Waals surface area (Å²) in [6, 6.07) is 10.4. The minimum Gasteiger partial charge on any atom is -0.508 e. The number of nitrogens with two attached hydrogens (primary N) is 1. The Bertz CT molecular complexity index is 1020. The lowest BCUT2D eigenvalue weighted by Gasteiger charge is -2.22. The molecule has 0 radical (unpaired) electrons. The molecule has 0 aliphatic rings. The van der Waals surface area contributed by atoms with Crippen LogP contribution in [0.25, 0.3) is 0 Å². The lowest BCUT2D eigenvalue weighted by Crippen LogP contribution is -2.36. The number of carbonyl (C=O) groups is 2. The van der Waals surface area contributed by atoms with E-state index >= 15 is 0 Å². The maximum atomic E-state index is 13.0. The van der Waals surface area contributed by atoms with Gasteiger partial charge >= 0.3 is 6.03 Å². The van der Waals surface area contributed by atoms with E-state index in [1.807, 2.05) is 6.07 Å². The Balaban J connectivity index is 2.57. The lowest BCUT2D eigenvalue weighted by molar-refractivity contribution is -0.122. The molecule has 2 rings (SSSR count). The highest BCUT2D eigenvalue weighted by atomic mass is 32.1. The average molecular weight is 442 g/mol. The molecule has 2 aromatic carbocycles. The van der Waals surface area contributed by atoms with Gasteiger partial charge in [-0.25, -0.2) is 4.79 Å². The van der Waals surface area contributed by atoms with Crippen molar-refractivity contribution < 1.29 is 24.5 Å². The first kappa shape index (κ1) is 23.4. The van der Waals surface area contributed by atoms with Gasteiger partial charge in [-0.05, 0) is 35.7 Å². The van der Waals surface area contributed by atoms with E-state index < -0.39 is 17.9 Å². The zero-order chi connectivity index (χ0) is 23.0. The van der Waals surface area contributed by atoms with Crippen LogP contribution < -0.4 is 21.1 Å². The highest BCUT2D eigenvalue weighted by Crippen LogP contribution is 2.37. The molecule has 0 aromatic heterocycles. The maximum absolute atomic E-state index is 13.0. The number of phenolic OH excluding ortho intramolecular Hbond substituents is 2. The topological polar surface area (TPSA) is 158 Å². The molecule has 0 saturated heterocycles. The van der Waals surface area contributed by atoms with E-state index in [0.29, 0.717) is 5.56 Å². The van der Waals surface area contributed by atoms with E-state index in [0.717, 1.165) is 5.56 Å². The SMILES string of the molecule is COc1ccc(C(Cc2ccc(O)cc2)C(=O)NCCC#N)c(C(=S)NC(N)=O)c1O. The first-order valence-corrected chi connectivity index (χ1v) is 9.62. The Labute approximate surface area is 184 Å². The van der Waals surface area contributed by atoms with E-state index in [2.05, 4.69) is 10.6 Å². The van der Waals surface area contributed by atoms with Crippen LogP contribution in [0.2, 0.25) is 0 Å². The van der Waals surface area contributed by atoms with Crippen LogP contribution in [0.3, 0.4) is 0 Å². The zero-order valence-electron chi connectivity index (χ0n) is 16.7. The molecular formula is C21H22N4O5S. The molecule has 0 heterocycles. The van der Waals surface area contributed by atoms with Crippen LogP contribution in [0.1, 0.15) is 29.0 Å². The predicted molar refractivity (Wildman–Crippen MR) is 117 cm³/mol. The second-order valence-electron chi connectivity index (χ2n) is 6.52. The molecule has 0 fully saturated rings. The summed E-state index contributed by atoms with van der Waals surface area (Å²) in [5.74, 6) is -1.42. The van der Waals surface area contributed by atoms with Crippen molar-refractivity contribution in [1.29, 1.82) is 5.26 Å². The quantitative estimate of drug-likeness (QED) is 0.308. The van der Waals surface area contributed by atoms with Crippen LogP contribution in [0, 0.1) is 11.3 Å². The van der Waals surface area contributed by atoms with Crippen molar-refractivity contribution in [1.82, 2.24) is 10.6 Å². The Morgan fingerprint density at radius 1 is 1.23 bits per heavy atom. The predicted octanol–water partition coefficient (Wildman–Crippen LogP) is 1.81. The third-order valence-electron chi connectivity index (χ3n) is 4.46. The molecule has 0 aliphatic carbocycles. The molecule has 0 saturated carbocycles. The van der Waals surface area contributed by atoms with Crippen molar-refractivity contribution >= 4 is 29.1 Å². The van der Waals surface area contributed by atoms with Gasteiger partial charge in [-0.15, -0.1) is 0 Å². The van der Waals surface area contributed by atoms with E-state index in [1.54, 1.807) is 18.2 Å². The Kier molecular flexibility index (Phi) is 8.16. The summed E-state index contributed by atoms with van der Waals surface area (Å²) >= 11 is 5.24. The number of aromatic hydroxyl groups is 2. The van der Waals surface area contributed by atoms with Gasteiger partial charge in [-0.2, -0.15) is 5.26 Å². The van der Waals surface area contributed by atoms with Gasteiger partial charge in [0, 0.05) is 6.54 Å². The van der Waals surface area contributed by atoms with Crippen LogP contribution in [-0.2, 0) is 11.2 Å². The Hall–Kier alpha value is -3.84. The Morgan fingerprint density at radius 3 is 2.48 bits per heavy atom. The number of ether oxygens (including phenoxy) is 1. The summed E-state index contributed by atoms with van der Waals surface area (Å²) in [6.07, 6.45) is 0.316. The van der Waals surface area contributed by atoms with Crippen LogP contribution >= 0.6 is 12.2 Å². The van der Waals surface area contributed by atoms with Crippen LogP contribution in [-0.4, -0.2) is 40.8 Å². The fraction of sp³-hybridized carbons (Fsp3) is 0.238. The maximum Gasteiger partial charge on any atom is 0.317 e. The van der Waals surface area contributed by atoms with E-state index in [-0.39, 0.29) is 47.2 Å². The number of amides is 3. The summed E-state index contributed by atoms with van der Waals surface area (Å²) in [6.45, 7) is 0.142. The number of rotatable bonds is 8. The molecule has 0 bridgehead atoms. The second-order valence-corrected chi connectivity index (χ2v) is 6.93. The summed E-state index contributed by atoms with van der Waals surface area (Å²) in [7, 11) is 1.35. The van der Waals surface area contributed by atoms with Crippen molar-refractivity contribution in [2.45, 2.75) is 18.8 Å². The van der Waals surface area contributed by atoms with Crippen molar-refractivity contribution in [3.05, 3.63) is 53.1 Å². The highest BCUT2D eigenvalue weighted by molar-refractivity contribution is 7.80. The van der Waals surface area contributed by atoms with Gasteiger partial charge in [-0.3, -0.25) is 10.1 Å². The third-order valence-corrected chi connectivity index (χ3v) is 4.77. The molecule has 31 heavy (non-hydrogen) atoms. The number of methoxy groups -OCH3 is 1. The molecule has 0 aliphatic heterocycles. The highest BCUT2D eigenvalue weighted by Gasteiger charge is 2.28. The number of nitrogens with one attached hydrogen (secondary N) is 2. The summed E-state index contributed by atoms with van der Waals surface area (Å²) < 4.78 is 5.13. The number of hydrogen-bond acceptors (Lipinski definition) is 7. The van der Waals surface area contributed by atoms with E-state index in [9.17, 15) is 19.8 Å². The van der Waals surface area contributed by atoms with Gasteiger partial charge in [0.25, 0.3) is 0 Å². The van der Waals surface area contributed by atoms with Gasteiger partial charge in [-0.1, -0.05) is 30.4 Å². The number of benzene rings is 2. The summed E-state index contributed by atoms with van der Waals surface area (Å²) in [4.78, 5) is 24.2. The first-order valence-electron chi connectivity index (χ1n) is 9.21. The largest absolute Gasteiger partial charge is 0.508 e. The molecule has 1 atom stereocenters. The molecule has 1 unspecified atom stereocenters. The van der Waals surface area contributed by atoms with Crippen LogP contribution in [0.15, 0.2) is 36.4 Å². The number of carbonyl (C=O) groups excluding carboxylic acids is 2.